The van der Waals surface area contributed by atoms with Crippen LogP contribution >= 0.6 is 34.9 Å². The van der Waals surface area contributed by atoms with Crippen LogP contribution in [0, 0.1) is 0 Å². The molecule has 0 radical (unpaired) electrons. The minimum absolute atomic E-state index is 0.00671. The molecule has 0 atom stereocenters. The molecule has 3 aromatic rings. The van der Waals surface area contributed by atoms with Crippen molar-refractivity contribution in [2.24, 2.45) is 0 Å². The Hall–Kier alpha value is -2.60. The zero-order chi connectivity index (χ0) is 22.1. The van der Waals surface area contributed by atoms with Gasteiger partial charge in [0.05, 0.1) is 11.5 Å². The Morgan fingerprint density at radius 1 is 0.806 bits per heavy atom. The molecule has 0 spiro atoms. The van der Waals surface area contributed by atoms with E-state index in [0.717, 1.165) is 0 Å². The molecular weight excluding hydrogens is 472 g/mol. The van der Waals surface area contributed by atoms with E-state index >= 15 is 0 Å². The SMILES string of the molecule is COCc1nnc(NC(=O)CSc2nnc(SCC(=O)Nc3nnc(COC)o3)s2)o1. The zero-order valence-corrected chi connectivity index (χ0v) is 18.6. The molecule has 3 rings (SSSR count). The number of methoxy groups -OCH3 is 2. The molecule has 166 valence electrons. The first-order chi connectivity index (χ1) is 15.1. The van der Waals surface area contributed by atoms with Crippen molar-refractivity contribution in [2.75, 3.05) is 36.4 Å². The molecular formula is C14H16N8O6S3. The van der Waals surface area contributed by atoms with Gasteiger partial charge < -0.3 is 18.3 Å². The van der Waals surface area contributed by atoms with Gasteiger partial charge in [0.25, 0.3) is 0 Å². The van der Waals surface area contributed by atoms with E-state index in [0.29, 0.717) is 8.68 Å². The molecule has 0 aliphatic heterocycles. The van der Waals surface area contributed by atoms with E-state index in [4.69, 9.17) is 18.3 Å². The molecule has 0 bridgehead atoms. The van der Waals surface area contributed by atoms with Gasteiger partial charge in [0.1, 0.15) is 13.2 Å². The molecule has 0 aliphatic carbocycles. The van der Waals surface area contributed by atoms with E-state index in [1.807, 2.05) is 0 Å². The number of hydrogen-bond donors (Lipinski definition) is 2. The Morgan fingerprint density at radius 2 is 1.26 bits per heavy atom. The van der Waals surface area contributed by atoms with Crippen LogP contribution in [0.15, 0.2) is 17.5 Å². The van der Waals surface area contributed by atoms with Crippen molar-refractivity contribution in [3.8, 4) is 0 Å². The lowest BCUT2D eigenvalue weighted by molar-refractivity contribution is -0.114. The molecule has 31 heavy (non-hydrogen) atoms. The monoisotopic (exact) mass is 488 g/mol. The van der Waals surface area contributed by atoms with E-state index in [9.17, 15) is 9.59 Å². The van der Waals surface area contributed by atoms with E-state index in [2.05, 4.69) is 41.2 Å². The van der Waals surface area contributed by atoms with Gasteiger partial charge in [-0.05, 0) is 0 Å². The van der Waals surface area contributed by atoms with Crippen molar-refractivity contribution in [3.63, 3.8) is 0 Å². The van der Waals surface area contributed by atoms with Crippen LogP contribution in [0.2, 0.25) is 0 Å². The average molecular weight is 489 g/mol. The zero-order valence-electron chi connectivity index (χ0n) is 16.2. The second-order valence-electron chi connectivity index (χ2n) is 5.38. The van der Waals surface area contributed by atoms with Gasteiger partial charge >= 0.3 is 12.0 Å². The fourth-order valence-electron chi connectivity index (χ4n) is 1.85. The molecule has 0 saturated carbocycles. The maximum atomic E-state index is 12.0. The number of ether oxygens (including phenoxy) is 2. The van der Waals surface area contributed by atoms with Crippen molar-refractivity contribution in [3.05, 3.63) is 11.8 Å². The fraction of sp³-hybridized carbons (Fsp3) is 0.429. The van der Waals surface area contributed by atoms with Gasteiger partial charge in [0, 0.05) is 14.2 Å². The first kappa shape index (κ1) is 23.1. The minimum Gasteiger partial charge on any atom is -0.405 e. The van der Waals surface area contributed by atoms with Gasteiger partial charge in [-0.3, -0.25) is 20.2 Å². The van der Waals surface area contributed by atoms with E-state index in [1.54, 1.807) is 0 Å². The van der Waals surface area contributed by atoms with Crippen LogP contribution in [0.1, 0.15) is 11.8 Å². The predicted molar refractivity (Wildman–Crippen MR) is 109 cm³/mol. The molecule has 2 amide bonds. The Balaban J connectivity index is 1.38. The van der Waals surface area contributed by atoms with Crippen molar-refractivity contribution in [1.82, 2.24) is 30.6 Å². The summed E-state index contributed by atoms with van der Waals surface area (Å²) in [5.74, 6) is -0.0157. The van der Waals surface area contributed by atoms with Gasteiger partial charge in [-0.2, -0.15) is 0 Å². The summed E-state index contributed by atoms with van der Waals surface area (Å²) in [5.41, 5.74) is 0. The van der Waals surface area contributed by atoms with Crippen LogP contribution in [0.4, 0.5) is 12.0 Å². The van der Waals surface area contributed by atoms with Crippen molar-refractivity contribution >= 4 is 58.7 Å². The third kappa shape index (κ3) is 7.55. The number of nitrogens with one attached hydrogen (secondary N) is 2. The maximum Gasteiger partial charge on any atom is 0.322 e. The first-order valence-corrected chi connectivity index (χ1v) is 11.2. The van der Waals surface area contributed by atoms with Crippen LogP contribution in [0.3, 0.4) is 0 Å². The molecule has 14 nitrogen and oxygen atoms in total. The lowest BCUT2D eigenvalue weighted by atomic mass is 10.7. The lowest BCUT2D eigenvalue weighted by Gasteiger charge is -1.98. The fourth-order valence-corrected chi connectivity index (χ4v) is 4.47. The van der Waals surface area contributed by atoms with Crippen molar-refractivity contribution in [2.45, 2.75) is 21.9 Å². The van der Waals surface area contributed by atoms with Crippen LogP contribution in [-0.2, 0) is 32.3 Å². The second kappa shape index (κ2) is 11.7. The van der Waals surface area contributed by atoms with Crippen LogP contribution in [0.5, 0.6) is 0 Å². The van der Waals surface area contributed by atoms with Crippen LogP contribution in [0.25, 0.3) is 0 Å². The number of amides is 2. The summed E-state index contributed by atoms with van der Waals surface area (Å²) in [7, 11) is 2.99. The Bertz CT molecular complexity index is 931. The van der Waals surface area contributed by atoms with Crippen molar-refractivity contribution < 1.29 is 27.9 Å². The Kier molecular flexibility index (Phi) is 8.71. The Labute approximate surface area is 187 Å². The average Bonchev–Trinajstić information content (AvgIpc) is 3.48. The number of nitrogens with zero attached hydrogens (tertiary/aromatic N) is 6. The molecule has 0 aliphatic rings. The molecule has 3 heterocycles. The topological polar surface area (TPSA) is 180 Å². The number of hydrogen-bond acceptors (Lipinski definition) is 15. The van der Waals surface area contributed by atoms with Crippen molar-refractivity contribution in [1.29, 1.82) is 0 Å². The van der Waals surface area contributed by atoms with E-state index in [-0.39, 0.29) is 60.3 Å². The van der Waals surface area contributed by atoms with E-state index < -0.39 is 0 Å². The van der Waals surface area contributed by atoms with Gasteiger partial charge in [-0.15, -0.1) is 20.4 Å². The number of rotatable bonds is 12. The second-order valence-corrected chi connectivity index (χ2v) is 8.80. The largest absolute Gasteiger partial charge is 0.405 e. The van der Waals surface area contributed by atoms with Gasteiger partial charge in [0.2, 0.25) is 23.6 Å². The van der Waals surface area contributed by atoms with Gasteiger partial charge in [-0.25, -0.2) is 0 Å². The third-order valence-electron chi connectivity index (χ3n) is 3.00. The van der Waals surface area contributed by atoms with Gasteiger partial charge in [-0.1, -0.05) is 45.1 Å². The number of carbonyl (C=O) groups is 2. The number of carbonyl (C=O) groups excluding carboxylic acids is 2. The highest BCUT2D eigenvalue weighted by Crippen LogP contribution is 2.28. The Morgan fingerprint density at radius 3 is 1.68 bits per heavy atom. The van der Waals surface area contributed by atoms with Crippen LogP contribution < -0.4 is 10.6 Å². The summed E-state index contributed by atoms with van der Waals surface area (Å²) in [6.07, 6.45) is 0. The summed E-state index contributed by atoms with van der Waals surface area (Å²) in [5, 5.41) is 27.7. The maximum absolute atomic E-state index is 12.0. The highest BCUT2D eigenvalue weighted by Gasteiger charge is 2.14. The van der Waals surface area contributed by atoms with Gasteiger partial charge in [0.15, 0.2) is 8.68 Å². The predicted octanol–water partition coefficient (Wildman–Crippen LogP) is 1.06. The molecule has 0 unspecified atom stereocenters. The summed E-state index contributed by atoms with van der Waals surface area (Å²) in [6, 6.07) is -0.0134. The molecule has 2 N–H and O–H groups in total. The minimum atomic E-state index is -0.339. The molecule has 0 fully saturated rings. The molecule has 0 saturated heterocycles. The van der Waals surface area contributed by atoms with Crippen LogP contribution in [-0.4, -0.2) is 68.1 Å². The highest BCUT2D eigenvalue weighted by atomic mass is 32.2. The van der Waals surface area contributed by atoms with E-state index in [1.165, 1.54) is 49.1 Å². The first-order valence-electron chi connectivity index (χ1n) is 8.37. The number of anilines is 2. The summed E-state index contributed by atoms with van der Waals surface area (Å²) in [6.45, 7) is 0.315. The summed E-state index contributed by atoms with van der Waals surface area (Å²) >= 11 is 3.64. The quantitative estimate of drug-likeness (QED) is 0.345. The summed E-state index contributed by atoms with van der Waals surface area (Å²) in [4.78, 5) is 23.9. The molecule has 0 aromatic carbocycles. The molecule has 17 heteroatoms. The highest BCUT2D eigenvalue weighted by molar-refractivity contribution is 8.03. The smallest absolute Gasteiger partial charge is 0.322 e. The number of thioether (sulfide) groups is 2. The summed E-state index contributed by atoms with van der Waals surface area (Å²) < 4.78 is 21.2. The third-order valence-corrected chi connectivity index (χ3v) is 6.19. The number of aromatic nitrogens is 6. The molecule has 3 aromatic heterocycles. The lowest BCUT2D eigenvalue weighted by Crippen LogP contribution is -2.14. The normalized spacial score (nSPS) is 10.9. The standard InChI is InChI=1S/C14H16N8O6S3/c1-25-3-9-17-19-11(27-9)15-7(23)5-29-13-21-22-14(31-13)30-6-8(24)16-12-20-18-10(28-12)4-26-2/h3-6H2,1-2H3,(H,15,19,23)(H,16,20,24).